The fourth-order valence-corrected chi connectivity index (χ4v) is 3.97. The van der Waals surface area contributed by atoms with Gasteiger partial charge >= 0.3 is 5.97 Å². The van der Waals surface area contributed by atoms with E-state index in [1.54, 1.807) is 0 Å². The summed E-state index contributed by atoms with van der Waals surface area (Å²) in [4.78, 5) is 24.5. The lowest BCUT2D eigenvalue weighted by molar-refractivity contribution is -0.145. The molecule has 1 aliphatic heterocycles. The number of carboxylic acid groups (broad SMARTS) is 1. The van der Waals surface area contributed by atoms with Gasteiger partial charge in [-0.25, -0.2) is 0 Å². The third-order valence-electron chi connectivity index (χ3n) is 5.59. The van der Waals surface area contributed by atoms with E-state index in [1.807, 2.05) is 13.8 Å². The van der Waals surface area contributed by atoms with Crippen LogP contribution < -0.4 is 5.32 Å². The zero-order valence-electron chi connectivity index (χ0n) is 15.0. The lowest BCUT2D eigenvalue weighted by Crippen LogP contribution is -2.42. The van der Waals surface area contributed by atoms with Gasteiger partial charge in [0.2, 0.25) is 5.91 Å². The van der Waals surface area contributed by atoms with Crippen molar-refractivity contribution in [1.29, 1.82) is 0 Å². The SMILES string of the molecule is Cc1cc(C)cc(C2(C(=O)NCC(C(=O)O)C3CCOCC3)CC2)c1. The summed E-state index contributed by atoms with van der Waals surface area (Å²) < 4.78 is 5.32. The Balaban J connectivity index is 1.67. The number of hydrogen-bond donors (Lipinski definition) is 2. The van der Waals surface area contributed by atoms with Gasteiger partial charge in [0.05, 0.1) is 11.3 Å². The maximum absolute atomic E-state index is 12.8. The first-order chi connectivity index (χ1) is 11.9. The first-order valence-corrected chi connectivity index (χ1v) is 9.10. The Labute approximate surface area is 148 Å². The van der Waals surface area contributed by atoms with Gasteiger partial charge in [0.25, 0.3) is 0 Å². The fourth-order valence-electron chi connectivity index (χ4n) is 3.97. The third-order valence-corrected chi connectivity index (χ3v) is 5.59. The van der Waals surface area contributed by atoms with Crippen LogP contribution >= 0.6 is 0 Å². The van der Waals surface area contributed by atoms with E-state index in [-0.39, 0.29) is 18.4 Å². The number of hydrogen-bond acceptors (Lipinski definition) is 3. The van der Waals surface area contributed by atoms with E-state index in [0.717, 1.165) is 42.4 Å². The van der Waals surface area contributed by atoms with Gasteiger partial charge in [-0.15, -0.1) is 0 Å². The first-order valence-electron chi connectivity index (χ1n) is 9.10. The van der Waals surface area contributed by atoms with E-state index in [2.05, 4.69) is 23.5 Å². The van der Waals surface area contributed by atoms with Crippen LogP contribution in [0.25, 0.3) is 0 Å². The van der Waals surface area contributed by atoms with Crippen molar-refractivity contribution in [2.45, 2.75) is 44.9 Å². The van der Waals surface area contributed by atoms with Crippen LogP contribution in [0, 0.1) is 25.7 Å². The minimum Gasteiger partial charge on any atom is -0.481 e. The van der Waals surface area contributed by atoms with Crippen molar-refractivity contribution in [3.05, 3.63) is 34.9 Å². The highest BCUT2D eigenvalue weighted by Crippen LogP contribution is 2.48. The molecule has 2 fully saturated rings. The van der Waals surface area contributed by atoms with E-state index in [1.165, 1.54) is 0 Å². The minimum atomic E-state index is -0.830. The topological polar surface area (TPSA) is 75.6 Å². The molecule has 1 unspecified atom stereocenters. The predicted octanol–water partition coefficient (Wildman–Crippen LogP) is 2.58. The van der Waals surface area contributed by atoms with E-state index in [4.69, 9.17) is 4.74 Å². The van der Waals surface area contributed by atoms with Gasteiger partial charge in [-0.1, -0.05) is 29.3 Å². The highest BCUT2D eigenvalue weighted by Gasteiger charge is 2.51. The highest BCUT2D eigenvalue weighted by molar-refractivity contribution is 5.91. The van der Waals surface area contributed by atoms with Gasteiger partial charge in [0.1, 0.15) is 0 Å². The van der Waals surface area contributed by atoms with Crippen molar-refractivity contribution in [2.24, 2.45) is 11.8 Å². The van der Waals surface area contributed by atoms with Crippen molar-refractivity contribution in [1.82, 2.24) is 5.32 Å². The quantitative estimate of drug-likeness (QED) is 0.831. The number of carbonyl (C=O) groups is 2. The molecule has 1 heterocycles. The predicted molar refractivity (Wildman–Crippen MR) is 94.5 cm³/mol. The smallest absolute Gasteiger partial charge is 0.308 e. The number of aliphatic carboxylic acids is 1. The van der Waals surface area contributed by atoms with Crippen molar-refractivity contribution in [3.63, 3.8) is 0 Å². The van der Waals surface area contributed by atoms with Crippen molar-refractivity contribution in [2.75, 3.05) is 19.8 Å². The van der Waals surface area contributed by atoms with Crippen LogP contribution in [0.1, 0.15) is 42.4 Å². The zero-order chi connectivity index (χ0) is 18.0. The molecule has 25 heavy (non-hydrogen) atoms. The number of ether oxygens (including phenoxy) is 1. The lowest BCUT2D eigenvalue weighted by atomic mass is 9.85. The molecule has 3 rings (SSSR count). The Morgan fingerprint density at radius 2 is 1.80 bits per heavy atom. The molecule has 0 aromatic heterocycles. The average Bonchev–Trinajstić information content (AvgIpc) is 3.36. The Hall–Kier alpha value is -1.88. The number of nitrogens with one attached hydrogen (secondary N) is 1. The van der Waals surface area contributed by atoms with Gasteiger partial charge in [-0.3, -0.25) is 9.59 Å². The van der Waals surface area contributed by atoms with Crippen LogP contribution in [0.4, 0.5) is 0 Å². The highest BCUT2D eigenvalue weighted by atomic mass is 16.5. The Bertz CT molecular complexity index is 639. The molecule has 2 N–H and O–H groups in total. The molecular formula is C20H27NO4. The van der Waals surface area contributed by atoms with Gasteiger partial charge in [0, 0.05) is 19.8 Å². The summed E-state index contributed by atoms with van der Waals surface area (Å²) in [5.74, 6) is -1.33. The zero-order valence-corrected chi connectivity index (χ0v) is 15.0. The molecule has 1 amide bonds. The Kier molecular flexibility index (Phi) is 5.13. The molecule has 1 atom stereocenters. The number of amides is 1. The molecule has 0 spiro atoms. The molecule has 136 valence electrons. The van der Waals surface area contributed by atoms with Crippen LogP contribution in [0.5, 0.6) is 0 Å². The summed E-state index contributed by atoms with van der Waals surface area (Å²) in [6.45, 7) is 5.49. The number of benzene rings is 1. The number of rotatable bonds is 6. The Morgan fingerprint density at radius 1 is 1.20 bits per heavy atom. The molecular weight excluding hydrogens is 318 g/mol. The van der Waals surface area contributed by atoms with Gasteiger partial charge in [-0.2, -0.15) is 0 Å². The maximum Gasteiger partial charge on any atom is 0.308 e. The van der Waals surface area contributed by atoms with Crippen molar-refractivity contribution in [3.8, 4) is 0 Å². The molecule has 1 saturated heterocycles. The van der Waals surface area contributed by atoms with Crippen molar-refractivity contribution < 1.29 is 19.4 Å². The summed E-state index contributed by atoms with van der Waals surface area (Å²) in [5.41, 5.74) is 2.90. The minimum absolute atomic E-state index is 0.0317. The summed E-state index contributed by atoms with van der Waals surface area (Å²) in [6, 6.07) is 6.25. The number of aryl methyl sites for hydroxylation is 2. The van der Waals surface area contributed by atoms with E-state index >= 15 is 0 Å². The largest absolute Gasteiger partial charge is 0.481 e. The second kappa shape index (κ2) is 7.16. The molecule has 1 aromatic rings. The number of carbonyl (C=O) groups excluding carboxylic acids is 1. The molecule has 1 saturated carbocycles. The molecule has 5 nitrogen and oxygen atoms in total. The third kappa shape index (κ3) is 3.87. The van der Waals surface area contributed by atoms with Crippen LogP contribution in [0.2, 0.25) is 0 Å². The molecule has 0 radical (unpaired) electrons. The summed E-state index contributed by atoms with van der Waals surface area (Å²) in [7, 11) is 0. The monoisotopic (exact) mass is 345 g/mol. The molecule has 1 aromatic carbocycles. The molecule has 2 aliphatic rings. The number of carboxylic acids is 1. The van der Waals surface area contributed by atoms with Gasteiger partial charge < -0.3 is 15.2 Å². The van der Waals surface area contributed by atoms with Crippen molar-refractivity contribution >= 4 is 11.9 Å². The van der Waals surface area contributed by atoms with Gasteiger partial charge in [-0.05, 0) is 51.0 Å². The van der Waals surface area contributed by atoms with Gasteiger partial charge in [0.15, 0.2) is 0 Å². The van der Waals surface area contributed by atoms with E-state index in [0.29, 0.717) is 13.2 Å². The molecule has 1 aliphatic carbocycles. The van der Waals surface area contributed by atoms with E-state index in [9.17, 15) is 14.7 Å². The van der Waals surface area contributed by atoms with Crippen LogP contribution in [-0.4, -0.2) is 36.7 Å². The Morgan fingerprint density at radius 3 is 2.32 bits per heavy atom. The standard InChI is InChI=1S/C20H27NO4/c1-13-9-14(2)11-16(10-13)20(5-6-20)19(24)21-12-17(18(22)23)15-3-7-25-8-4-15/h9-11,15,17H,3-8,12H2,1-2H3,(H,21,24)(H,22,23). The second-order valence-electron chi connectivity index (χ2n) is 7.56. The fraction of sp³-hybridized carbons (Fsp3) is 0.600. The average molecular weight is 345 g/mol. The molecule has 0 bridgehead atoms. The normalized spacial score (nSPS) is 20.7. The summed E-state index contributed by atoms with van der Waals surface area (Å²) in [5, 5.41) is 12.5. The van der Waals surface area contributed by atoms with Crippen LogP contribution in [-0.2, 0) is 19.7 Å². The first kappa shape index (κ1) is 17.9. The summed E-state index contributed by atoms with van der Waals surface area (Å²) in [6.07, 6.45) is 3.15. The van der Waals surface area contributed by atoms with E-state index < -0.39 is 17.3 Å². The lowest BCUT2D eigenvalue weighted by Gasteiger charge is -2.28. The second-order valence-corrected chi connectivity index (χ2v) is 7.56. The maximum atomic E-state index is 12.8. The van der Waals surface area contributed by atoms with Crippen LogP contribution in [0.15, 0.2) is 18.2 Å². The summed E-state index contributed by atoms with van der Waals surface area (Å²) >= 11 is 0. The molecule has 5 heteroatoms. The van der Waals surface area contributed by atoms with Crippen LogP contribution in [0.3, 0.4) is 0 Å².